The van der Waals surface area contributed by atoms with Gasteiger partial charge in [-0.05, 0) is 67.2 Å². The number of aromatic amines is 1. The van der Waals surface area contributed by atoms with Gasteiger partial charge in [0.1, 0.15) is 0 Å². The van der Waals surface area contributed by atoms with Gasteiger partial charge in [-0.15, -0.1) is 0 Å². The Bertz CT molecular complexity index is 749. The number of methoxy groups -OCH3 is 1. The van der Waals surface area contributed by atoms with E-state index < -0.39 is 0 Å². The lowest BCUT2D eigenvalue weighted by Crippen LogP contribution is -2.31. The fourth-order valence-electron chi connectivity index (χ4n) is 3.46. The van der Waals surface area contributed by atoms with Crippen molar-refractivity contribution in [3.05, 3.63) is 50.6 Å². The number of pyridine rings is 1. The summed E-state index contributed by atoms with van der Waals surface area (Å²) in [6.45, 7) is 5.83. The molecule has 0 unspecified atom stereocenters. The summed E-state index contributed by atoms with van der Waals surface area (Å²) in [7, 11) is 1.73. The number of ether oxygens (including phenoxy) is 1. The molecule has 3 heterocycles. The molecule has 0 aromatic carbocycles. The van der Waals surface area contributed by atoms with Crippen LogP contribution >= 0.6 is 34.8 Å². The van der Waals surface area contributed by atoms with Gasteiger partial charge in [0.25, 0.3) is 0 Å². The van der Waals surface area contributed by atoms with Crippen LogP contribution in [0.4, 0.5) is 0 Å². The second kappa shape index (κ2) is 8.01. The highest BCUT2D eigenvalue weighted by Crippen LogP contribution is 2.42. The Labute approximate surface area is 167 Å². The first kappa shape index (κ1) is 18.6. The van der Waals surface area contributed by atoms with Crippen molar-refractivity contribution in [2.45, 2.75) is 32.4 Å². The molecule has 25 heavy (non-hydrogen) atoms. The molecule has 1 aliphatic heterocycles. The van der Waals surface area contributed by atoms with E-state index >= 15 is 0 Å². The summed E-state index contributed by atoms with van der Waals surface area (Å²) < 4.78 is 6.50. The van der Waals surface area contributed by atoms with E-state index in [2.05, 4.69) is 62.7 Å². The predicted octanol–water partition coefficient (Wildman–Crippen LogP) is 3.64. The third-order valence-electron chi connectivity index (χ3n) is 4.59. The maximum atomic E-state index is 5.67. The zero-order valence-corrected chi connectivity index (χ0v) is 17.6. The van der Waals surface area contributed by atoms with E-state index in [1.807, 2.05) is 18.3 Å². The molecule has 2 atom stereocenters. The molecular formula is C18H23IN4OS. The topological polar surface area (TPSA) is 53.2 Å². The van der Waals surface area contributed by atoms with Gasteiger partial charge in [-0.2, -0.15) is 0 Å². The van der Waals surface area contributed by atoms with Gasteiger partial charge < -0.3 is 19.9 Å². The van der Waals surface area contributed by atoms with Crippen molar-refractivity contribution in [2.24, 2.45) is 0 Å². The highest BCUT2D eigenvalue weighted by atomic mass is 127. The van der Waals surface area contributed by atoms with Gasteiger partial charge in [-0.3, -0.25) is 4.98 Å². The van der Waals surface area contributed by atoms with Crippen LogP contribution in [0, 0.1) is 17.4 Å². The lowest BCUT2D eigenvalue weighted by molar-refractivity contribution is 0.180. The van der Waals surface area contributed by atoms with Crippen LogP contribution in [0.1, 0.15) is 41.1 Å². The fourth-order valence-corrected chi connectivity index (χ4v) is 4.65. The Kier molecular flexibility index (Phi) is 5.96. The van der Waals surface area contributed by atoms with Crippen molar-refractivity contribution in [1.29, 1.82) is 0 Å². The molecule has 0 radical (unpaired) electrons. The lowest BCUT2D eigenvalue weighted by atomic mass is 9.96. The first-order valence-electron chi connectivity index (χ1n) is 8.36. The first-order chi connectivity index (χ1) is 12.0. The molecule has 0 amide bonds. The average molecular weight is 470 g/mol. The van der Waals surface area contributed by atoms with Crippen LogP contribution in [0.15, 0.2) is 24.4 Å². The molecule has 3 rings (SSSR count). The molecule has 5 nitrogen and oxygen atoms in total. The van der Waals surface area contributed by atoms with Crippen LogP contribution in [-0.4, -0.2) is 40.2 Å². The smallest absolute Gasteiger partial charge is 0.170 e. The number of thiocarbonyl (C=S) groups is 1. The van der Waals surface area contributed by atoms with Gasteiger partial charge in [0.2, 0.25) is 0 Å². The number of aromatic nitrogens is 2. The van der Waals surface area contributed by atoms with E-state index in [9.17, 15) is 0 Å². The molecular weight excluding hydrogens is 447 g/mol. The summed E-state index contributed by atoms with van der Waals surface area (Å²) in [5.74, 6) is 0. The van der Waals surface area contributed by atoms with E-state index in [-0.39, 0.29) is 12.1 Å². The molecule has 7 heteroatoms. The molecule has 1 fully saturated rings. The molecule has 134 valence electrons. The van der Waals surface area contributed by atoms with Crippen LogP contribution in [0.5, 0.6) is 0 Å². The van der Waals surface area contributed by atoms with Crippen molar-refractivity contribution >= 4 is 39.9 Å². The number of rotatable bonds is 6. The number of nitrogens with one attached hydrogen (secondary N) is 2. The number of hydrogen-bond acceptors (Lipinski definition) is 3. The number of hydrogen-bond donors (Lipinski definition) is 2. The summed E-state index contributed by atoms with van der Waals surface area (Å²) in [4.78, 5) is 10.3. The molecule has 1 saturated heterocycles. The van der Waals surface area contributed by atoms with Crippen molar-refractivity contribution in [3.8, 4) is 0 Å². The van der Waals surface area contributed by atoms with Gasteiger partial charge in [0, 0.05) is 47.0 Å². The van der Waals surface area contributed by atoms with E-state index in [1.165, 1.54) is 20.5 Å². The molecule has 2 aromatic rings. The summed E-state index contributed by atoms with van der Waals surface area (Å²) in [5, 5.41) is 4.28. The van der Waals surface area contributed by atoms with Crippen LogP contribution in [0.3, 0.4) is 0 Å². The zero-order valence-electron chi connectivity index (χ0n) is 14.7. The lowest BCUT2D eigenvalue weighted by Gasteiger charge is -2.28. The Morgan fingerprint density at radius 1 is 1.32 bits per heavy atom. The molecule has 0 spiro atoms. The Morgan fingerprint density at radius 2 is 2.12 bits per heavy atom. The Morgan fingerprint density at radius 3 is 2.72 bits per heavy atom. The Hall–Kier alpha value is -1.19. The number of H-pyrrole nitrogens is 1. The van der Waals surface area contributed by atoms with Gasteiger partial charge >= 0.3 is 0 Å². The highest BCUT2D eigenvalue weighted by Gasteiger charge is 2.41. The molecule has 0 aliphatic carbocycles. The SMILES string of the molecule is COCCCN1C(=S)N[C@@H](c2ccccn2)[C@H]1c1c(C)[nH]c(C)c1I. The number of aryl methyl sites for hydroxylation is 2. The third-order valence-corrected chi connectivity index (χ3v) is 6.33. The second-order valence-electron chi connectivity index (χ2n) is 6.27. The third kappa shape index (κ3) is 3.68. The molecule has 2 N–H and O–H groups in total. The van der Waals surface area contributed by atoms with Crippen LogP contribution in [-0.2, 0) is 4.74 Å². The van der Waals surface area contributed by atoms with E-state index in [0.29, 0.717) is 0 Å². The van der Waals surface area contributed by atoms with E-state index in [4.69, 9.17) is 17.0 Å². The predicted molar refractivity (Wildman–Crippen MR) is 112 cm³/mol. The maximum absolute atomic E-state index is 5.67. The van der Waals surface area contributed by atoms with Crippen LogP contribution in [0.2, 0.25) is 0 Å². The molecule has 0 bridgehead atoms. The normalized spacial score (nSPS) is 20.2. The number of nitrogens with zero attached hydrogens (tertiary/aromatic N) is 2. The average Bonchev–Trinajstić information content (AvgIpc) is 3.05. The summed E-state index contributed by atoms with van der Waals surface area (Å²) in [6, 6.07) is 6.19. The second-order valence-corrected chi connectivity index (χ2v) is 7.73. The summed E-state index contributed by atoms with van der Waals surface area (Å²) in [5.41, 5.74) is 4.70. The Balaban J connectivity index is 2.02. The van der Waals surface area contributed by atoms with Gasteiger partial charge in [-0.1, -0.05) is 6.07 Å². The maximum Gasteiger partial charge on any atom is 0.170 e. The largest absolute Gasteiger partial charge is 0.385 e. The van der Waals surface area contributed by atoms with Crippen molar-refractivity contribution in [1.82, 2.24) is 20.2 Å². The minimum Gasteiger partial charge on any atom is -0.385 e. The quantitative estimate of drug-likeness (QED) is 0.384. The fraction of sp³-hybridized carbons (Fsp3) is 0.444. The summed E-state index contributed by atoms with van der Waals surface area (Å²) in [6.07, 6.45) is 2.77. The van der Waals surface area contributed by atoms with Gasteiger partial charge in [0.05, 0.1) is 17.8 Å². The minimum absolute atomic E-state index is 0.0404. The van der Waals surface area contributed by atoms with Crippen LogP contribution in [0.25, 0.3) is 0 Å². The minimum atomic E-state index is 0.0404. The number of halogens is 1. The van der Waals surface area contributed by atoms with Crippen molar-refractivity contribution in [3.63, 3.8) is 0 Å². The molecule has 2 aromatic heterocycles. The standard InChI is InChI=1S/C18H23IN4OS/c1-11-14(15(19)12(2)21-11)17-16(13-7-4-5-8-20-13)22-18(25)23(17)9-6-10-24-3/h4-5,7-8,16-17,21H,6,9-10H2,1-3H3,(H,22,25)/t16-,17+/m0/s1. The summed E-state index contributed by atoms with van der Waals surface area (Å²) >= 11 is 8.10. The molecule has 1 aliphatic rings. The van der Waals surface area contributed by atoms with E-state index in [1.54, 1.807) is 7.11 Å². The van der Waals surface area contributed by atoms with Crippen molar-refractivity contribution in [2.75, 3.05) is 20.3 Å². The molecule has 0 saturated carbocycles. The van der Waals surface area contributed by atoms with Crippen molar-refractivity contribution < 1.29 is 4.74 Å². The first-order valence-corrected chi connectivity index (χ1v) is 9.84. The monoisotopic (exact) mass is 470 g/mol. The van der Waals surface area contributed by atoms with Gasteiger partial charge in [-0.25, -0.2) is 0 Å². The van der Waals surface area contributed by atoms with Gasteiger partial charge in [0.15, 0.2) is 5.11 Å². The van der Waals surface area contributed by atoms with E-state index in [0.717, 1.165) is 30.4 Å². The van der Waals surface area contributed by atoms with Crippen LogP contribution < -0.4 is 5.32 Å². The highest BCUT2D eigenvalue weighted by molar-refractivity contribution is 14.1. The zero-order chi connectivity index (χ0) is 18.0.